The zero-order chi connectivity index (χ0) is 21.5. The molecule has 1 fully saturated rings. The van der Waals surface area contributed by atoms with E-state index in [1.165, 1.54) is 16.7 Å². The van der Waals surface area contributed by atoms with E-state index < -0.39 is 0 Å². The zero-order valence-corrected chi connectivity index (χ0v) is 18.7. The van der Waals surface area contributed by atoms with E-state index in [1.54, 1.807) is 7.11 Å². The minimum Gasteiger partial charge on any atom is -0.504 e. The molecule has 0 saturated carbocycles. The van der Waals surface area contributed by atoms with E-state index in [0.717, 1.165) is 60.2 Å². The molecule has 2 heterocycles. The number of piperidine rings is 1. The van der Waals surface area contributed by atoms with Crippen molar-refractivity contribution < 1.29 is 9.84 Å². The molecule has 2 aromatic carbocycles. The van der Waals surface area contributed by atoms with Gasteiger partial charge in [-0.1, -0.05) is 6.07 Å². The number of rotatable bonds is 1. The van der Waals surface area contributed by atoms with Gasteiger partial charge in [-0.3, -0.25) is 0 Å². The Labute approximate surface area is 183 Å². The Morgan fingerprint density at radius 3 is 2.48 bits per heavy atom. The Kier molecular flexibility index (Phi) is 3.95. The number of ether oxygens (including phenoxy) is 1. The van der Waals surface area contributed by atoms with Crippen LogP contribution >= 0.6 is 0 Å². The van der Waals surface area contributed by atoms with Crippen LogP contribution in [0.25, 0.3) is 11.0 Å². The summed E-state index contributed by atoms with van der Waals surface area (Å²) >= 11 is 0. The number of methoxy groups -OCH3 is 1. The number of hydrogen-bond acceptors (Lipinski definition) is 5. The van der Waals surface area contributed by atoms with Gasteiger partial charge in [-0.25, -0.2) is 9.97 Å². The topological polar surface area (TPSA) is 58.5 Å². The van der Waals surface area contributed by atoms with Crippen LogP contribution < -0.4 is 4.74 Å². The molecule has 2 bridgehead atoms. The summed E-state index contributed by atoms with van der Waals surface area (Å²) in [6, 6.07) is 8.86. The molecule has 31 heavy (non-hydrogen) atoms. The minimum absolute atomic E-state index is 0.113. The van der Waals surface area contributed by atoms with E-state index >= 15 is 0 Å². The number of phenols is 1. The molecule has 1 aromatic heterocycles. The smallest absolute Gasteiger partial charge is 0.161 e. The fourth-order valence-electron chi connectivity index (χ4n) is 6.58. The monoisotopic (exact) mass is 415 g/mol. The molecule has 1 aliphatic heterocycles. The van der Waals surface area contributed by atoms with Crippen molar-refractivity contribution in [3.05, 3.63) is 57.9 Å². The molecule has 5 nitrogen and oxygen atoms in total. The van der Waals surface area contributed by atoms with Crippen LogP contribution in [-0.4, -0.2) is 46.7 Å². The van der Waals surface area contributed by atoms with Crippen LogP contribution in [0, 0.1) is 19.8 Å². The lowest BCUT2D eigenvalue weighted by Gasteiger charge is -2.58. The van der Waals surface area contributed by atoms with E-state index in [0.29, 0.717) is 23.5 Å². The van der Waals surface area contributed by atoms with E-state index in [-0.39, 0.29) is 5.41 Å². The van der Waals surface area contributed by atoms with Crippen molar-refractivity contribution >= 4 is 11.0 Å². The highest BCUT2D eigenvalue weighted by Crippen LogP contribution is 2.57. The van der Waals surface area contributed by atoms with Gasteiger partial charge in [0.2, 0.25) is 0 Å². The predicted molar refractivity (Wildman–Crippen MR) is 121 cm³/mol. The zero-order valence-electron chi connectivity index (χ0n) is 18.7. The predicted octanol–water partition coefficient (Wildman–Crippen LogP) is 3.87. The van der Waals surface area contributed by atoms with Crippen LogP contribution in [0.4, 0.5) is 0 Å². The number of benzene rings is 2. The summed E-state index contributed by atoms with van der Waals surface area (Å²) < 4.78 is 5.51. The summed E-state index contributed by atoms with van der Waals surface area (Å²) in [4.78, 5) is 12.7. The first-order valence-corrected chi connectivity index (χ1v) is 11.3. The summed E-state index contributed by atoms with van der Waals surface area (Å²) in [5, 5.41) is 11.3. The third-order valence-corrected chi connectivity index (χ3v) is 8.36. The quantitative estimate of drug-likeness (QED) is 0.654. The van der Waals surface area contributed by atoms with Gasteiger partial charge in [0.05, 0.1) is 29.5 Å². The van der Waals surface area contributed by atoms with Crippen molar-refractivity contribution in [3.8, 4) is 11.5 Å². The summed E-state index contributed by atoms with van der Waals surface area (Å²) in [7, 11) is 3.88. The average molecular weight is 416 g/mol. The van der Waals surface area contributed by atoms with Crippen LogP contribution in [0.5, 0.6) is 11.5 Å². The third-order valence-electron chi connectivity index (χ3n) is 8.36. The molecule has 1 N–H and O–H groups in total. The molecule has 0 radical (unpaired) electrons. The van der Waals surface area contributed by atoms with Crippen LogP contribution in [0.3, 0.4) is 0 Å². The van der Waals surface area contributed by atoms with Gasteiger partial charge in [0.1, 0.15) is 0 Å². The number of nitrogens with zero attached hydrogens (tertiary/aromatic N) is 3. The van der Waals surface area contributed by atoms with Crippen LogP contribution in [0.2, 0.25) is 0 Å². The normalized spacial score (nSPS) is 26.8. The van der Waals surface area contributed by atoms with E-state index in [9.17, 15) is 5.11 Å². The Morgan fingerprint density at radius 2 is 1.77 bits per heavy atom. The molecule has 0 spiro atoms. The van der Waals surface area contributed by atoms with Crippen molar-refractivity contribution in [2.75, 3.05) is 20.7 Å². The molecule has 5 heteroatoms. The molecule has 1 saturated heterocycles. The summed E-state index contributed by atoms with van der Waals surface area (Å²) in [5.74, 6) is 1.32. The van der Waals surface area contributed by atoms with Gasteiger partial charge < -0.3 is 14.7 Å². The fraction of sp³-hybridized carbons (Fsp3) is 0.462. The van der Waals surface area contributed by atoms with Crippen LogP contribution in [0.1, 0.15) is 40.1 Å². The molecule has 0 unspecified atom stereocenters. The molecule has 6 rings (SSSR count). The van der Waals surface area contributed by atoms with Gasteiger partial charge in [0, 0.05) is 23.4 Å². The molecular formula is C26H29N3O2. The first-order valence-electron chi connectivity index (χ1n) is 11.3. The number of phenolic OH excluding ortho intramolecular Hbond substituents is 1. The maximum atomic E-state index is 11.3. The Bertz CT molecular complexity index is 1240. The molecule has 0 amide bonds. The SMILES string of the molecule is COc1ccc2c(c1O)[C@@]13CCN(C)[C@@H](C2)[C@H]1Cc1nc2cc(C)c(C)cc2nc1C3. The second kappa shape index (κ2) is 6.42. The lowest BCUT2D eigenvalue weighted by Crippen LogP contribution is -2.61. The molecule has 3 aromatic rings. The minimum atomic E-state index is -0.113. The van der Waals surface area contributed by atoms with Crippen molar-refractivity contribution in [2.24, 2.45) is 5.92 Å². The average Bonchev–Trinajstić information content (AvgIpc) is 2.74. The molecule has 160 valence electrons. The summed E-state index contributed by atoms with van der Waals surface area (Å²) in [6.45, 7) is 5.30. The van der Waals surface area contributed by atoms with Crippen molar-refractivity contribution in [2.45, 2.75) is 51.0 Å². The lowest BCUT2D eigenvalue weighted by atomic mass is 9.52. The van der Waals surface area contributed by atoms with Gasteiger partial charge >= 0.3 is 0 Å². The number of aromatic hydroxyl groups is 1. The van der Waals surface area contributed by atoms with Gasteiger partial charge in [-0.2, -0.15) is 0 Å². The first kappa shape index (κ1) is 19.1. The van der Waals surface area contributed by atoms with Crippen molar-refractivity contribution in [1.29, 1.82) is 0 Å². The van der Waals surface area contributed by atoms with Gasteiger partial charge in [0.15, 0.2) is 11.5 Å². The highest BCUT2D eigenvalue weighted by atomic mass is 16.5. The van der Waals surface area contributed by atoms with Crippen molar-refractivity contribution in [3.63, 3.8) is 0 Å². The van der Waals surface area contributed by atoms with Crippen LogP contribution in [-0.2, 0) is 24.7 Å². The highest BCUT2D eigenvalue weighted by Gasteiger charge is 2.56. The molecular weight excluding hydrogens is 386 g/mol. The third kappa shape index (κ3) is 2.53. The number of aromatic nitrogens is 2. The summed E-state index contributed by atoms with van der Waals surface area (Å²) in [5.41, 5.74) is 8.98. The molecule has 3 aliphatic rings. The number of aryl methyl sites for hydroxylation is 2. The first-order chi connectivity index (χ1) is 14.9. The highest BCUT2D eigenvalue weighted by molar-refractivity contribution is 5.77. The largest absolute Gasteiger partial charge is 0.504 e. The van der Waals surface area contributed by atoms with E-state index in [4.69, 9.17) is 14.7 Å². The number of likely N-dealkylation sites (tertiary alicyclic amines) is 1. The standard InChI is InChI=1S/C26H29N3O2/c1-14-9-18-19(10-15(14)2)28-21-13-26-7-8-29(3)22(17(26)12-20(21)27-18)11-16-5-6-23(31-4)25(30)24(16)26/h5-6,9-10,17,22,30H,7-8,11-13H2,1-4H3/t17-,22+,26-/m1/s1. The van der Waals surface area contributed by atoms with Crippen LogP contribution in [0.15, 0.2) is 24.3 Å². The Balaban J connectivity index is 1.58. The number of fused-ring (bicyclic) bond motifs is 3. The fourth-order valence-corrected chi connectivity index (χ4v) is 6.58. The maximum Gasteiger partial charge on any atom is 0.161 e. The van der Waals surface area contributed by atoms with Crippen molar-refractivity contribution in [1.82, 2.24) is 14.9 Å². The van der Waals surface area contributed by atoms with Gasteiger partial charge in [-0.15, -0.1) is 0 Å². The number of hydrogen-bond donors (Lipinski definition) is 1. The lowest BCUT2D eigenvalue weighted by molar-refractivity contribution is 0.0211. The maximum absolute atomic E-state index is 11.3. The molecule has 2 aliphatic carbocycles. The van der Waals surface area contributed by atoms with E-state index in [1.807, 2.05) is 6.07 Å². The van der Waals surface area contributed by atoms with Gasteiger partial charge in [0.25, 0.3) is 0 Å². The Morgan fingerprint density at radius 1 is 1.06 bits per heavy atom. The second-order valence-corrected chi connectivity index (χ2v) is 9.84. The number of likely N-dealkylation sites (N-methyl/N-ethyl adjacent to an activating group) is 1. The van der Waals surface area contributed by atoms with Gasteiger partial charge in [-0.05, 0) is 87.5 Å². The Hall–Kier alpha value is -2.66. The summed E-state index contributed by atoms with van der Waals surface area (Å²) in [6.07, 6.45) is 3.73. The van der Waals surface area contributed by atoms with E-state index in [2.05, 4.69) is 44.0 Å². The second-order valence-electron chi connectivity index (χ2n) is 9.84. The molecule has 3 atom stereocenters.